The molecule has 0 fully saturated rings. The van der Waals surface area contributed by atoms with Crippen LogP contribution in [-0.4, -0.2) is 25.7 Å². The zero-order chi connectivity index (χ0) is 21.7. The number of benzene rings is 2. The third-order valence-electron chi connectivity index (χ3n) is 3.73. The Kier molecular flexibility index (Phi) is 5.98. The lowest BCUT2D eigenvalue weighted by molar-refractivity contribution is -0.384. The normalized spacial score (nSPS) is 10.2. The monoisotopic (exact) mass is 429 g/mol. The molecule has 2 aromatic carbocycles. The summed E-state index contributed by atoms with van der Waals surface area (Å²) in [5, 5.41) is 25.4. The molecule has 0 saturated carbocycles. The number of hydrogen-bond donors (Lipinski definition) is 3. The molecule has 0 unspecified atom stereocenters. The number of nitrogens with zero attached hydrogens (tertiary/aromatic N) is 4. The molecule has 0 bridgehead atoms. The minimum absolute atomic E-state index is 0.0992. The Labute approximate surface area is 173 Å². The zero-order valence-electron chi connectivity index (χ0n) is 14.9. The van der Waals surface area contributed by atoms with Gasteiger partial charge in [0.25, 0.3) is 11.6 Å². The van der Waals surface area contributed by atoms with Crippen LogP contribution in [-0.2, 0) is 0 Å². The van der Waals surface area contributed by atoms with E-state index in [0.717, 1.165) is 18.5 Å². The van der Waals surface area contributed by atoms with Gasteiger partial charge in [-0.05, 0) is 30.3 Å². The molecule has 0 spiro atoms. The average molecular weight is 430 g/mol. The Balaban J connectivity index is 1.79. The second kappa shape index (κ2) is 8.79. The summed E-state index contributed by atoms with van der Waals surface area (Å²) in [6, 6.07) is 11.3. The Bertz CT molecular complexity index is 1120. The molecule has 13 heteroatoms. The smallest absolute Gasteiger partial charge is 0.334 e. The molecule has 1 heterocycles. The zero-order valence-corrected chi connectivity index (χ0v) is 15.7. The van der Waals surface area contributed by atoms with Crippen LogP contribution < -0.4 is 16.2 Å². The van der Waals surface area contributed by atoms with E-state index in [9.17, 15) is 25.0 Å². The fraction of sp³-hybridized carbons (Fsp3) is 0. The van der Waals surface area contributed by atoms with E-state index in [0.29, 0.717) is 10.7 Å². The average Bonchev–Trinajstić information content (AvgIpc) is 2.72. The number of rotatable bonds is 7. The predicted octanol–water partition coefficient (Wildman–Crippen LogP) is 3.45. The summed E-state index contributed by atoms with van der Waals surface area (Å²) in [6.07, 6.45) is 1.07. The van der Waals surface area contributed by atoms with Gasteiger partial charge < -0.3 is 5.32 Å². The number of halogens is 1. The predicted molar refractivity (Wildman–Crippen MR) is 108 cm³/mol. The number of aromatic nitrogens is 2. The summed E-state index contributed by atoms with van der Waals surface area (Å²) in [7, 11) is 0. The topological polar surface area (TPSA) is 165 Å². The Morgan fingerprint density at radius 1 is 0.967 bits per heavy atom. The lowest BCUT2D eigenvalue weighted by Gasteiger charge is -2.11. The van der Waals surface area contributed by atoms with Gasteiger partial charge >= 0.3 is 5.69 Å². The maximum absolute atomic E-state index is 12.2. The van der Waals surface area contributed by atoms with E-state index < -0.39 is 21.4 Å². The highest BCUT2D eigenvalue weighted by Gasteiger charge is 2.24. The summed E-state index contributed by atoms with van der Waals surface area (Å²) in [4.78, 5) is 40.8. The fourth-order valence-corrected chi connectivity index (χ4v) is 2.55. The van der Waals surface area contributed by atoms with Crippen LogP contribution in [0.5, 0.6) is 0 Å². The third-order valence-corrected chi connectivity index (χ3v) is 3.96. The number of carbonyl (C=O) groups is 1. The first kappa shape index (κ1) is 20.4. The molecule has 3 rings (SSSR count). The summed E-state index contributed by atoms with van der Waals surface area (Å²) in [6.45, 7) is 0. The quantitative estimate of drug-likeness (QED) is 0.376. The summed E-state index contributed by atoms with van der Waals surface area (Å²) >= 11 is 5.91. The number of carbonyl (C=O) groups excluding carboxylic acids is 1. The molecule has 0 saturated heterocycles. The molecule has 0 aliphatic rings. The van der Waals surface area contributed by atoms with Gasteiger partial charge in [0.15, 0.2) is 0 Å². The minimum Gasteiger partial charge on any atom is -0.334 e. The van der Waals surface area contributed by atoms with Crippen molar-refractivity contribution in [3.05, 3.63) is 85.7 Å². The minimum atomic E-state index is -0.715. The molecule has 0 atom stereocenters. The first-order valence-corrected chi connectivity index (χ1v) is 8.55. The highest BCUT2D eigenvalue weighted by atomic mass is 35.5. The second-order valence-corrected chi connectivity index (χ2v) is 6.13. The van der Waals surface area contributed by atoms with Crippen LogP contribution in [0.15, 0.2) is 54.9 Å². The maximum Gasteiger partial charge on any atom is 0.355 e. The number of hydrogen-bond acceptors (Lipinski definition) is 9. The lowest BCUT2D eigenvalue weighted by Crippen LogP contribution is -2.30. The van der Waals surface area contributed by atoms with Crippen molar-refractivity contribution < 1.29 is 14.6 Å². The van der Waals surface area contributed by atoms with E-state index in [1.54, 1.807) is 24.3 Å². The number of anilines is 3. The van der Waals surface area contributed by atoms with Gasteiger partial charge in [-0.3, -0.25) is 35.9 Å². The van der Waals surface area contributed by atoms with Crippen molar-refractivity contribution in [3.63, 3.8) is 0 Å². The molecule has 1 amide bonds. The molecule has 3 N–H and O–H groups in total. The van der Waals surface area contributed by atoms with Gasteiger partial charge in [0.05, 0.1) is 9.85 Å². The van der Waals surface area contributed by atoms with Crippen LogP contribution in [0.2, 0.25) is 5.02 Å². The standard InChI is InChI=1S/C17H12ClN7O5/c18-11-2-1-3-12(8-11)21-15-14(25(29)30)16(20-9-19-15)22-23-17(26)10-4-6-13(7-5-10)24(27)28/h1-9H,(H,23,26)(H2,19,20,21,22). The van der Waals surface area contributed by atoms with Crippen molar-refractivity contribution in [2.24, 2.45) is 0 Å². The summed E-state index contributed by atoms with van der Waals surface area (Å²) in [5.41, 5.74) is 4.50. The van der Waals surface area contributed by atoms with Gasteiger partial charge in [-0.15, -0.1) is 0 Å². The lowest BCUT2D eigenvalue weighted by atomic mass is 10.2. The molecule has 30 heavy (non-hydrogen) atoms. The van der Waals surface area contributed by atoms with Crippen molar-refractivity contribution in [2.75, 3.05) is 10.7 Å². The van der Waals surface area contributed by atoms with Crippen molar-refractivity contribution in [1.29, 1.82) is 0 Å². The third kappa shape index (κ3) is 4.74. The van der Waals surface area contributed by atoms with Crippen molar-refractivity contribution in [3.8, 4) is 0 Å². The molecule has 0 radical (unpaired) electrons. The van der Waals surface area contributed by atoms with Crippen LogP contribution in [0.1, 0.15) is 10.4 Å². The molecule has 152 valence electrons. The molecule has 3 aromatic rings. The molecular weight excluding hydrogens is 418 g/mol. The SMILES string of the molecule is O=C(NNc1ncnc(Nc2cccc(Cl)c2)c1[N+](=O)[O-])c1ccc([N+](=O)[O-])cc1. The van der Waals surface area contributed by atoms with Gasteiger partial charge in [-0.1, -0.05) is 17.7 Å². The van der Waals surface area contributed by atoms with Crippen molar-refractivity contribution >= 4 is 46.2 Å². The number of amides is 1. The van der Waals surface area contributed by atoms with E-state index in [-0.39, 0.29) is 22.9 Å². The van der Waals surface area contributed by atoms with Crippen LogP contribution in [0.25, 0.3) is 0 Å². The van der Waals surface area contributed by atoms with Crippen LogP contribution in [0.4, 0.5) is 28.7 Å². The number of nitro groups is 2. The summed E-state index contributed by atoms with van der Waals surface area (Å²) < 4.78 is 0. The van der Waals surface area contributed by atoms with E-state index in [4.69, 9.17) is 11.6 Å². The van der Waals surface area contributed by atoms with Gasteiger partial charge in [0, 0.05) is 28.4 Å². The first-order valence-electron chi connectivity index (χ1n) is 8.18. The highest BCUT2D eigenvalue weighted by Crippen LogP contribution is 2.31. The van der Waals surface area contributed by atoms with Crippen LogP contribution in [0, 0.1) is 20.2 Å². The molecule has 0 aliphatic heterocycles. The van der Waals surface area contributed by atoms with Gasteiger partial charge in [-0.2, -0.15) is 0 Å². The fourth-order valence-electron chi connectivity index (χ4n) is 2.36. The molecule has 0 aliphatic carbocycles. The van der Waals surface area contributed by atoms with E-state index in [1.165, 1.54) is 12.1 Å². The van der Waals surface area contributed by atoms with E-state index in [2.05, 4.69) is 26.1 Å². The van der Waals surface area contributed by atoms with Crippen molar-refractivity contribution in [2.45, 2.75) is 0 Å². The maximum atomic E-state index is 12.2. The Morgan fingerprint density at radius 3 is 2.30 bits per heavy atom. The Hall–Kier alpha value is -4.32. The first-order chi connectivity index (χ1) is 14.3. The van der Waals surface area contributed by atoms with Crippen LogP contribution in [0.3, 0.4) is 0 Å². The second-order valence-electron chi connectivity index (χ2n) is 5.70. The molecule has 12 nitrogen and oxygen atoms in total. The van der Waals surface area contributed by atoms with Crippen molar-refractivity contribution in [1.82, 2.24) is 15.4 Å². The van der Waals surface area contributed by atoms with Crippen LogP contribution >= 0.6 is 11.6 Å². The van der Waals surface area contributed by atoms with Gasteiger partial charge in [-0.25, -0.2) is 9.97 Å². The molecular formula is C17H12ClN7O5. The largest absolute Gasteiger partial charge is 0.355 e. The Morgan fingerprint density at radius 2 is 1.67 bits per heavy atom. The molecule has 1 aromatic heterocycles. The number of hydrazine groups is 1. The van der Waals surface area contributed by atoms with Gasteiger partial charge in [0.2, 0.25) is 11.6 Å². The highest BCUT2D eigenvalue weighted by molar-refractivity contribution is 6.30. The summed E-state index contributed by atoms with van der Waals surface area (Å²) in [5.74, 6) is -1.07. The number of nitrogens with one attached hydrogen (secondary N) is 3. The number of non-ortho nitro benzene ring substituents is 1. The van der Waals surface area contributed by atoms with E-state index in [1.807, 2.05) is 0 Å². The number of nitro benzene ring substituents is 1. The van der Waals surface area contributed by atoms with E-state index >= 15 is 0 Å². The van der Waals surface area contributed by atoms with Gasteiger partial charge in [0.1, 0.15) is 6.33 Å².